The van der Waals surface area contributed by atoms with Crippen LogP contribution >= 0.6 is 0 Å². The fourth-order valence-corrected chi connectivity index (χ4v) is 2.81. The molecule has 1 fully saturated rings. The average molecular weight is 320 g/mol. The number of para-hydroxylation sites is 1. The molecule has 5 nitrogen and oxygen atoms in total. The Kier molecular flexibility index (Phi) is 4.66. The van der Waals surface area contributed by atoms with Crippen LogP contribution in [0.15, 0.2) is 48.5 Å². The number of urea groups is 1. The summed E-state index contributed by atoms with van der Waals surface area (Å²) in [5.74, 6) is 0. The van der Waals surface area contributed by atoms with E-state index in [1.54, 1.807) is 23.1 Å². The third-order valence-electron chi connectivity index (χ3n) is 4.26. The fraction of sp³-hybridized carbons (Fsp3) is 0.263. The smallest absolute Gasteiger partial charge is 0.322 e. The lowest BCUT2D eigenvalue weighted by Crippen LogP contribution is -2.50. The number of nitrogens with one attached hydrogen (secondary N) is 1. The van der Waals surface area contributed by atoms with Gasteiger partial charge in [-0.2, -0.15) is 5.26 Å². The first-order valence-electron chi connectivity index (χ1n) is 8.04. The van der Waals surface area contributed by atoms with Crippen molar-refractivity contribution in [1.29, 1.82) is 5.26 Å². The van der Waals surface area contributed by atoms with Gasteiger partial charge in [-0.1, -0.05) is 29.8 Å². The Morgan fingerprint density at radius 1 is 1.04 bits per heavy atom. The maximum absolute atomic E-state index is 12.4. The summed E-state index contributed by atoms with van der Waals surface area (Å²) in [5, 5.41) is 11.9. The normalized spacial score (nSPS) is 14.2. The summed E-state index contributed by atoms with van der Waals surface area (Å²) >= 11 is 0. The van der Waals surface area contributed by atoms with Crippen LogP contribution in [0.5, 0.6) is 0 Å². The van der Waals surface area contributed by atoms with E-state index >= 15 is 0 Å². The number of hydrogen-bond acceptors (Lipinski definition) is 3. The summed E-state index contributed by atoms with van der Waals surface area (Å²) in [6, 6.07) is 17.4. The van der Waals surface area contributed by atoms with Gasteiger partial charge in [0.2, 0.25) is 0 Å². The Balaban J connectivity index is 1.59. The Morgan fingerprint density at radius 3 is 2.38 bits per heavy atom. The molecule has 0 atom stereocenters. The quantitative estimate of drug-likeness (QED) is 0.924. The molecule has 0 aliphatic carbocycles. The molecular weight excluding hydrogens is 300 g/mol. The highest BCUT2D eigenvalue weighted by Crippen LogP contribution is 2.18. The molecular formula is C19H20N4O. The molecule has 0 saturated carbocycles. The zero-order chi connectivity index (χ0) is 16.9. The lowest BCUT2D eigenvalue weighted by Gasteiger charge is -2.36. The second-order valence-corrected chi connectivity index (χ2v) is 5.90. The largest absolute Gasteiger partial charge is 0.368 e. The van der Waals surface area contributed by atoms with Crippen molar-refractivity contribution in [3.8, 4) is 6.07 Å². The molecule has 0 unspecified atom stereocenters. The molecule has 1 heterocycles. The van der Waals surface area contributed by atoms with Gasteiger partial charge in [0.25, 0.3) is 0 Å². The molecule has 2 amide bonds. The molecule has 2 aromatic rings. The summed E-state index contributed by atoms with van der Waals surface area (Å²) < 4.78 is 0. The molecule has 1 N–H and O–H groups in total. The minimum atomic E-state index is -0.152. The van der Waals surface area contributed by atoms with Gasteiger partial charge in [0.1, 0.15) is 6.07 Å². The van der Waals surface area contributed by atoms with Crippen LogP contribution in [-0.2, 0) is 0 Å². The molecule has 0 bridgehead atoms. The van der Waals surface area contributed by atoms with E-state index in [9.17, 15) is 4.79 Å². The summed E-state index contributed by atoms with van der Waals surface area (Å²) in [7, 11) is 0. The number of nitrogens with zero attached hydrogens (tertiary/aromatic N) is 3. The summed E-state index contributed by atoms with van der Waals surface area (Å²) in [4.78, 5) is 16.5. The number of hydrogen-bond donors (Lipinski definition) is 1. The Labute approximate surface area is 142 Å². The van der Waals surface area contributed by atoms with E-state index in [1.165, 1.54) is 11.3 Å². The molecule has 0 aromatic heterocycles. The number of anilines is 2. The first kappa shape index (κ1) is 15.9. The maximum atomic E-state index is 12.4. The molecule has 0 spiro atoms. The number of aryl methyl sites for hydroxylation is 1. The van der Waals surface area contributed by atoms with Gasteiger partial charge in [0.15, 0.2) is 0 Å². The zero-order valence-electron chi connectivity index (χ0n) is 13.7. The van der Waals surface area contributed by atoms with Crippen LogP contribution in [-0.4, -0.2) is 37.1 Å². The van der Waals surface area contributed by atoms with Crippen molar-refractivity contribution in [2.75, 3.05) is 36.4 Å². The molecule has 3 rings (SSSR count). The van der Waals surface area contributed by atoms with Gasteiger partial charge in [0, 0.05) is 31.9 Å². The van der Waals surface area contributed by atoms with Crippen LogP contribution in [0.4, 0.5) is 16.2 Å². The number of rotatable bonds is 2. The molecule has 2 aromatic carbocycles. The van der Waals surface area contributed by atoms with Crippen molar-refractivity contribution in [3.63, 3.8) is 0 Å². The number of benzene rings is 2. The molecule has 0 radical (unpaired) electrons. The van der Waals surface area contributed by atoms with Crippen LogP contribution in [0.25, 0.3) is 0 Å². The van der Waals surface area contributed by atoms with Crippen molar-refractivity contribution in [2.45, 2.75) is 6.92 Å². The van der Waals surface area contributed by atoms with Gasteiger partial charge >= 0.3 is 6.03 Å². The van der Waals surface area contributed by atoms with Gasteiger partial charge in [0.05, 0.1) is 11.3 Å². The van der Waals surface area contributed by atoms with Crippen molar-refractivity contribution < 1.29 is 4.79 Å². The van der Waals surface area contributed by atoms with Crippen molar-refractivity contribution >= 4 is 17.4 Å². The Bertz CT molecular complexity index is 756. The van der Waals surface area contributed by atoms with Crippen molar-refractivity contribution in [1.82, 2.24) is 4.90 Å². The van der Waals surface area contributed by atoms with E-state index in [1.807, 2.05) is 6.07 Å². The average Bonchev–Trinajstić information content (AvgIpc) is 2.63. The molecule has 5 heteroatoms. The van der Waals surface area contributed by atoms with Gasteiger partial charge in [-0.15, -0.1) is 0 Å². The van der Waals surface area contributed by atoms with E-state index in [4.69, 9.17) is 5.26 Å². The highest BCUT2D eigenvalue weighted by Gasteiger charge is 2.21. The minimum absolute atomic E-state index is 0.152. The van der Waals surface area contributed by atoms with Crippen LogP contribution in [0, 0.1) is 18.3 Å². The van der Waals surface area contributed by atoms with Gasteiger partial charge in [-0.25, -0.2) is 4.79 Å². The Hall–Kier alpha value is -3.00. The monoisotopic (exact) mass is 320 g/mol. The van der Waals surface area contributed by atoms with Crippen molar-refractivity contribution in [2.24, 2.45) is 0 Å². The number of carbonyl (C=O) groups excluding carboxylic acids is 1. The topological polar surface area (TPSA) is 59.4 Å². The Morgan fingerprint density at radius 2 is 1.71 bits per heavy atom. The molecule has 1 aliphatic rings. The second kappa shape index (κ2) is 7.05. The van der Waals surface area contributed by atoms with Crippen LogP contribution in [0.3, 0.4) is 0 Å². The minimum Gasteiger partial charge on any atom is -0.368 e. The third-order valence-corrected chi connectivity index (χ3v) is 4.26. The van der Waals surface area contributed by atoms with E-state index in [-0.39, 0.29) is 6.03 Å². The van der Waals surface area contributed by atoms with Crippen LogP contribution in [0.1, 0.15) is 11.1 Å². The lowest BCUT2D eigenvalue weighted by atomic mass is 10.2. The second-order valence-electron chi connectivity index (χ2n) is 5.90. The lowest BCUT2D eigenvalue weighted by molar-refractivity contribution is 0.208. The zero-order valence-corrected chi connectivity index (χ0v) is 13.7. The number of piperazine rings is 1. The van der Waals surface area contributed by atoms with E-state index in [0.29, 0.717) is 24.3 Å². The van der Waals surface area contributed by atoms with E-state index in [2.05, 4.69) is 47.5 Å². The van der Waals surface area contributed by atoms with Crippen LogP contribution in [0.2, 0.25) is 0 Å². The number of nitriles is 1. The summed E-state index contributed by atoms with van der Waals surface area (Å²) in [6.07, 6.45) is 0. The highest BCUT2D eigenvalue weighted by molar-refractivity contribution is 5.91. The highest BCUT2D eigenvalue weighted by atomic mass is 16.2. The predicted octanol–water partition coefficient (Wildman–Crippen LogP) is 3.22. The van der Waals surface area contributed by atoms with Crippen molar-refractivity contribution in [3.05, 3.63) is 59.7 Å². The molecule has 1 aliphatic heterocycles. The van der Waals surface area contributed by atoms with E-state index in [0.717, 1.165) is 13.1 Å². The first-order chi connectivity index (χ1) is 11.7. The van der Waals surface area contributed by atoms with Crippen LogP contribution < -0.4 is 10.2 Å². The number of carbonyl (C=O) groups is 1. The molecule has 24 heavy (non-hydrogen) atoms. The van der Waals surface area contributed by atoms with Gasteiger partial charge in [-0.3, -0.25) is 0 Å². The SMILES string of the molecule is Cc1ccc(N2CCN(C(=O)Nc3ccccc3C#N)CC2)cc1. The fourth-order valence-electron chi connectivity index (χ4n) is 2.81. The summed E-state index contributed by atoms with van der Waals surface area (Å²) in [5.41, 5.74) is 3.47. The molecule has 1 saturated heterocycles. The van der Waals surface area contributed by atoms with Gasteiger partial charge in [-0.05, 0) is 31.2 Å². The van der Waals surface area contributed by atoms with Gasteiger partial charge < -0.3 is 15.1 Å². The maximum Gasteiger partial charge on any atom is 0.322 e. The van der Waals surface area contributed by atoms with E-state index < -0.39 is 0 Å². The summed E-state index contributed by atoms with van der Waals surface area (Å²) in [6.45, 7) is 5.00. The predicted molar refractivity (Wildman–Crippen MR) is 95.1 cm³/mol. The standard InChI is InChI=1S/C19H20N4O/c1-15-6-8-17(9-7-15)22-10-12-23(13-11-22)19(24)21-18-5-3-2-4-16(18)14-20/h2-9H,10-13H2,1H3,(H,21,24). The first-order valence-corrected chi connectivity index (χ1v) is 8.04. The molecule has 122 valence electrons. The number of amides is 2. The third kappa shape index (κ3) is 3.49.